The summed E-state index contributed by atoms with van der Waals surface area (Å²) in [5.74, 6) is -1.33. The fourth-order valence-corrected chi connectivity index (χ4v) is 4.91. The van der Waals surface area contributed by atoms with E-state index in [4.69, 9.17) is 37.4 Å². The molecule has 0 radical (unpaired) electrons. The van der Waals surface area contributed by atoms with E-state index in [0.717, 1.165) is 11.3 Å². The third kappa shape index (κ3) is 7.71. The molecule has 1 fully saturated rings. The Morgan fingerprint density at radius 1 is 1.13 bits per heavy atom. The molecule has 9 nitrogen and oxygen atoms in total. The highest BCUT2D eigenvalue weighted by molar-refractivity contribution is 6.34. The average molecular weight is 568 g/mol. The van der Waals surface area contributed by atoms with E-state index in [2.05, 4.69) is 4.98 Å². The molecule has 1 aromatic heterocycles. The van der Waals surface area contributed by atoms with Gasteiger partial charge in [0.2, 0.25) is 6.79 Å². The largest absolute Gasteiger partial charge is 0.445 e. The van der Waals surface area contributed by atoms with Crippen LogP contribution < -0.4 is 0 Å². The first-order valence-electron chi connectivity index (χ1n) is 12.5. The third-order valence-electron chi connectivity index (χ3n) is 6.15. The van der Waals surface area contributed by atoms with E-state index < -0.39 is 42.5 Å². The summed E-state index contributed by atoms with van der Waals surface area (Å²) in [6.07, 6.45) is 3.34. The lowest BCUT2D eigenvalue weighted by atomic mass is 9.98. The molecule has 1 unspecified atom stereocenters. The quantitative estimate of drug-likeness (QED) is 0.296. The first kappa shape index (κ1) is 29.9. The molecule has 3 atom stereocenters. The lowest BCUT2D eigenvalue weighted by Gasteiger charge is -2.32. The number of rotatable bonds is 10. The van der Waals surface area contributed by atoms with Crippen LogP contribution in [-0.4, -0.2) is 57.5 Å². The van der Waals surface area contributed by atoms with Crippen LogP contribution in [0.2, 0.25) is 10.0 Å². The number of imidazole rings is 1. The zero-order chi connectivity index (χ0) is 28.2. The second kappa shape index (κ2) is 12.5. The molecule has 0 bridgehead atoms. The maximum atomic E-state index is 13.4. The molecule has 0 amide bonds. The SMILES string of the molecule is CC(C)C[C@H]1C(=O)OC(C)N1[C@@H](Cc1cncn1Cc1cc(Cl)cc(Cl)c1)C(=O)OCOC(=O)C(C)(C)C. The Bertz CT molecular complexity index is 1140. The monoisotopic (exact) mass is 567 g/mol. The van der Waals surface area contributed by atoms with Crippen LogP contribution in [0.25, 0.3) is 0 Å². The standard InChI is InChI=1S/C27H35Cl2N3O6/c1-16(2)7-22-25(34)38-17(3)32(22)23(24(33)36-15-37-26(35)27(4,5)6)11-21-12-30-14-31(21)13-18-8-19(28)10-20(29)9-18/h8-10,12,14,16-17,22-23H,7,11,13,15H2,1-6H3/t17?,22-,23-/m0/s1. The van der Waals surface area contributed by atoms with Crippen LogP contribution in [0.3, 0.4) is 0 Å². The zero-order valence-electron chi connectivity index (χ0n) is 22.6. The molecule has 0 aliphatic carbocycles. The Morgan fingerprint density at radius 3 is 2.39 bits per heavy atom. The minimum Gasteiger partial charge on any atom is -0.445 e. The third-order valence-corrected chi connectivity index (χ3v) is 6.58. The van der Waals surface area contributed by atoms with Gasteiger partial charge in [0.25, 0.3) is 0 Å². The summed E-state index contributed by atoms with van der Waals surface area (Å²) in [5, 5.41) is 1.03. The van der Waals surface area contributed by atoms with Gasteiger partial charge in [-0.2, -0.15) is 0 Å². The smallest absolute Gasteiger partial charge is 0.326 e. The minimum atomic E-state index is -0.896. The Hall–Kier alpha value is -2.62. The van der Waals surface area contributed by atoms with Crippen molar-refractivity contribution in [1.29, 1.82) is 0 Å². The first-order chi connectivity index (χ1) is 17.8. The summed E-state index contributed by atoms with van der Waals surface area (Å²) in [7, 11) is 0. The van der Waals surface area contributed by atoms with Gasteiger partial charge in [0, 0.05) is 34.9 Å². The van der Waals surface area contributed by atoms with Gasteiger partial charge in [-0.05, 0) is 63.8 Å². The Balaban J connectivity index is 1.87. The number of ether oxygens (including phenoxy) is 3. The Labute approximate surface area is 233 Å². The minimum absolute atomic E-state index is 0.177. The number of halogens is 2. The van der Waals surface area contributed by atoms with Crippen molar-refractivity contribution in [3.63, 3.8) is 0 Å². The van der Waals surface area contributed by atoms with Crippen LogP contribution in [-0.2, 0) is 41.6 Å². The second-order valence-corrected chi connectivity index (χ2v) is 11.8. The van der Waals surface area contributed by atoms with E-state index in [1.165, 1.54) is 0 Å². The first-order valence-corrected chi connectivity index (χ1v) is 13.3. The average Bonchev–Trinajstić information content (AvgIpc) is 3.33. The molecular formula is C27H35Cl2N3O6. The summed E-state index contributed by atoms with van der Waals surface area (Å²) in [6.45, 7) is 10.7. The Morgan fingerprint density at radius 2 is 1.79 bits per heavy atom. The predicted octanol–water partition coefficient (Wildman–Crippen LogP) is 4.86. The number of nitrogens with zero attached hydrogens (tertiary/aromatic N) is 3. The summed E-state index contributed by atoms with van der Waals surface area (Å²) in [4.78, 5) is 44.3. The van der Waals surface area contributed by atoms with E-state index >= 15 is 0 Å². The van der Waals surface area contributed by atoms with Gasteiger partial charge in [0.05, 0.1) is 11.7 Å². The van der Waals surface area contributed by atoms with Crippen molar-refractivity contribution in [1.82, 2.24) is 14.5 Å². The molecule has 2 heterocycles. The van der Waals surface area contributed by atoms with Gasteiger partial charge in [-0.1, -0.05) is 37.0 Å². The molecule has 0 N–H and O–H groups in total. The molecule has 208 valence electrons. The maximum Gasteiger partial charge on any atom is 0.326 e. The van der Waals surface area contributed by atoms with Gasteiger partial charge >= 0.3 is 17.9 Å². The molecule has 1 aliphatic rings. The van der Waals surface area contributed by atoms with E-state index in [1.54, 1.807) is 63.3 Å². The normalized spacial score (nSPS) is 18.9. The van der Waals surface area contributed by atoms with E-state index in [-0.39, 0.29) is 18.3 Å². The lowest BCUT2D eigenvalue weighted by molar-refractivity contribution is -0.177. The van der Waals surface area contributed by atoms with Crippen LogP contribution in [0.5, 0.6) is 0 Å². The fourth-order valence-electron chi connectivity index (χ4n) is 4.34. The Kier molecular flexibility index (Phi) is 9.84. The topological polar surface area (TPSA) is 100.0 Å². The van der Waals surface area contributed by atoms with Crippen molar-refractivity contribution >= 4 is 41.1 Å². The molecule has 1 saturated heterocycles. The number of carbonyl (C=O) groups is 3. The number of aromatic nitrogens is 2. The highest BCUT2D eigenvalue weighted by Crippen LogP contribution is 2.29. The van der Waals surface area contributed by atoms with Crippen LogP contribution in [0.4, 0.5) is 0 Å². The molecule has 1 aliphatic heterocycles. The molecule has 11 heteroatoms. The van der Waals surface area contributed by atoms with Crippen LogP contribution in [0, 0.1) is 11.3 Å². The maximum absolute atomic E-state index is 13.4. The summed E-state index contributed by atoms with van der Waals surface area (Å²) in [5.41, 5.74) is 0.846. The van der Waals surface area contributed by atoms with Gasteiger partial charge < -0.3 is 18.8 Å². The number of cyclic esters (lactones) is 1. The number of hydrogen-bond acceptors (Lipinski definition) is 8. The summed E-state index contributed by atoms with van der Waals surface area (Å²) in [6, 6.07) is 3.75. The van der Waals surface area contributed by atoms with Crippen molar-refractivity contribution in [2.24, 2.45) is 11.3 Å². The van der Waals surface area contributed by atoms with E-state index in [9.17, 15) is 14.4 Å². The molecule has 0 spiro atoms. The number of benzene rings is 1. The number of esters is 3. The highest BCUT2D eigenvalue weighted by Gasteiger charge is 2.47. The fraction of sp³-hybridized carbons (Fsp3) is 0.556. The van der Waals surface area contributed by atoms with Crippen molar-refractivity contribution < 1.29 is 28.6 Å². The van der Waals surface area contributed by atoms with Crippen LogP contribution in [0.15, 0.2) is 30.7 Å². The molecule has 2 aromatic rings. The van der Waals surface area contributed by atoms with Crippen LogP contribution >= 0.6 is 23.2 Å². The van der Waals surface area contributed by atoms with Gasteiger partial charge in [-0.3, -0.25) is 14.4 Å². The second-order valence-electron chi connectivity index (χ2n) is 10.9. The van der Waals surface area contributed by atoms with Gasteiger partial charge in [-0.25, -0.2) is 9.88 Å². The lowest BCUT2D eigenvalue weighted by Crippen LogP contribution is -2.51. The molecule has 0 saturated carbocycles. The molecule has 38 heavy (non-hydrogen) atoms. The van der Waals surface area contributed by atoms with Gasteiger partial charge in [0.1, 0.15) is 12.1 Å². The van der Waals surface area contributed by atoms with E-state index in [0.29, 0.717) is 23.0 Å². The van der Waals surface area contributed by atoms with Crippen molar-refractivity contribution in [2.75, 3.05) is 6.79 Å². The predicted molar refractivity (Wildman–Crippen MR) is 142 cm³/mol. The highest BCUT2D eigenvalue weighted by atomic mass is 35.5. The summed E-state index contributed by atoms with van der Waals surface area (Å²) >= 11 is 12.3. The zero-order valence-corrected chi connectivity index (χ0v) is 24.1. The van der Waals surface area contributed by atoms with Crippen molar-refractivity contribution in [2.45, 2.75) is 79.2 Å². The molecule has 1 aromatic carbocycles. The van der Waals surface area contributed by atoms with Gasteiger partial charge in [-0.15, -0.1) is 0 Å². The van der Waals surface area contributed by atoms with Crippen molar-refractivity contribution in [3.05, 3.63) is 52.0 Å². The van der Waals surface area contributed by atoms with E-state index in [1.807, 2.05) is 18.4 Å². The van der Waals surface area contributed by atoms with Crippen molar-refractivity contribution in [3.8, 4) is 0 Å². The number of carbonyl (C=O) groups excluding carboxylic acids is 3. The summed E-state index contributed by atoms with van der Waals surface area (Å²) < 4.78 is 17.9. The number of hydrogen-bond donors (Lipinski definition) is 0. The molecular weight excluding hydrogens is 533 g/mol. The van der Waals surface area contributed by atoms with Crippen LogP contribution in [0.1, 0.15) is 59.2 Å². The molecule has 3 rings (SSSR count). The van der Waals surface area contributed by atoms with Gasteiger partial charge in [0.15, 0.2) is 6.23 Å².